The van der Waals surface area contributed by atoms with Crippen LogP contribution in [0.5, 0.6) is 11.5 Å². The number of benzene rings is 1. The summed E-state index contributed by atoms with van der Waals surface area (Å²) in [4.78, 5) is 8.10. The summed E-state index contributed by atoms with van der Waals surface area (Å²) in [7, 11) is 0. The Morgan fingerprint density at radius 1 is 1.12 bits per heavy atom. The van der Waals surface area contributed by atoms with Crippen LogP contribution in [-0.2, 0) is 0 Å². The van der Waals surface area contributed by atoms with Gasteiger partial charge >= 0.3 is 0 Å². The highest BCUT2D eigenvalue weighted by molar-refractivity contribution is 5.85. The zero-order chi connectivity index (χ0) is 11.4. The lowest BCUT2D eigenvalue weighted by Gasteiger charge is -1.98. The van der Waals surface area contributed by atoms with E-state index in [2.05, 4.69) is 9.98 Å². The molecule has 0 bridgehead atoms. The Hall–Kier alpha value is -2.36. The maximum absolute atomic E-state index is 9.50. The molecule has 0 unspecified atom stereocenters. The third kappa shape index (κ3) is 2.36. The minimum atomic E-state index is -0.0142. The highest BCUT2D eigenvalue weighted by Crippen LogP contribution is 2.21. The summed E-state index contributed by atoms with van der Waals surface area (Å²) in [6.45, 7) is 0. The number of aliphatic imine (C=N–C) groups is 1. The fourth-order valence-corrected chi connectivity index (χ4v) is 1.21. The Morgan fingerprint density at radius 2 is 2.00 bits per heavy atom. The Labute approximate surface area is 92.6 Å². The number of hydrogen-bond donors (Lipinski definition) is 2. The van der Waals surface area contributed by atoms with E-state index in [0.717, 1.165) is 0 Å². The molecule has 16 heavy (non-hydrogen) atoms. The number of aromatic nitrogens is 1. The van der Waals surface area contributed by atoms with Gasteiger partial charge in [0, 0.05) is 24.0 Å². The number of phenolic OH excluding ortho intramolecular Hbond substituents is 2. The van der Waals surface area contributed by atoms with Crippen LogP contribution in [-0.4, -0.2) is 21.4 Å². The second kappa shape index (κ2) is 4.44. The van der Waals surface area contributed by atoms with Crippen molar-refractivity contribution in [2.75, 3.05) is 0 Å². The SMILES string of the molecule is Oc1ccc(/C=N/c2ccccn2)c(O)c1. The number of rotatable bonds is 2. The lowest BCUT2D eigenvalue weighted by Crippen LogP contribution is -1.82. The summed E-state index contributed by atoms with van der Waals surface area (Å²) in [5.74, 6) is 0.571. The number of nitrogens with zero attached hydrogens (tertiary/aromatic N) is 2. The molecule has 1 heterocycles. The van der Waals surface area contributed by atoms with Crippen LogP contribution < -0.4 is 0 Å². The first-order valence-corrected chi connectivity index (χ1v) is 4.73. The minimum Gasteiger partial charge on any atom is -0.508 e. The van der Waals surface area contributed by atoms with Crippen LogP contribution >= 0.6 is 0 Å². The van der Waals surface area contributed by atoms with Crippen LogP contribution in [0.2, 0.25) is 0 Å². The summed E-state index contributed by atoms with van der Waals surface area (Å²) >= 11 is 0. The summed E-state index contributed by atoms with van der Waals surface area (Å²) in [5.41, 5.74) is 0.531. The van der Waals surface area contributed by atoms with Crippen molar-refractivity contribution in [3.63, 3.8) is 0 Å². The van der Waals surface area contributed by atoms with Crippen molar-refractivity contribution in [3.8, 4) is 11.5 Å². The summed E-state index contributed by atoms with van der Waals surface area (Å²) in [6.07, 6.45) is 3.14. The van der Waals surface area contributed by atoms with Gasteiger partial charge in [0.2, 0.25) is 0 Å². The van der Waals surface area contributed by atoms with Crippen LogP contribution in [0, 0.1) is 0 Å². The molecular weight excluding hydrogens is 204 g/mol. The molecule has 0 aliphatic rings. The first-order chi connectivity index (χ1) is 7.75. The molecule has 80 valence electrons. The Morgan fingerprint density at radius 3 is 2.69 bits per heavy atom. The Kier molecular flexibility index (Phi) is 2.82. The van der Waals surface area contributed by atoms with E-state index in [4.69, 9.17) is 5.11 Å². The van der Waals surface area contributed by atoms with Crippen LogP contribution in [0.15, 0.2) is 47.6 Å². The van der Waals surface area contributed by atoms with Crippen molar-refractivity contribution in [2.45, 2.75) is 0 Å². The first kappa shape index (κ1) is 10.2. The fraction of sp³-hybridized carbons (Fsp3) is 0. The molecule has 2 aromatic rings. The van der Waals surface area contributed by atoms with Crippen molar-refractivity contribution >= 4 is 12.0 Å². The van der Waals surface area contributed by atoms with Gasteiger partial charge in [0.25, 0.3) is 0 Å². The van der Waals surface area contributed by atoms with E-state index in [-0.39, 0.29) is 11.5 Å². The van der Waals surface area contributed by atoms with Crippen molar-refractivity contribution in [1.29, 1.82) is 0 Å². The number of aromatic hydroxyl groups is 2. The van der Waals surface area contributed by atoms with E-state index >= 15 is 0 Å². The molecule has 0 saturated heterocycles. The highest BCUT2D eigenvalue weighted by atomic mass is 16.3. The van der Waals surface area contributed by atoms with Gasteiger partial charge in [-0.1, -0.05) is 6.07 Å². The zero-order valence-electron chi connectivity index (χ0n) is 8.41. The minimum absolute atomic E-state index is 0.0142. The van der Waals surface area contributed by atoms with Crippen molar-refractivity contribution < 1.29 is 10.2 Å². The molecule has 0 amide bonds. The van der Waals surface area contributed by atoms with Crippen LogP contribution in [0.3, 0.4) is 0 Å². The highest BCUT2D eigenvalue weighted by Gasteiger charge is 1.98. The standard InChI is InChI=1S/C12H10N2O2/c15-10-5-4-9(11(16)7-10)8-14-12-3-1-2-6-13-12/h1-8,15-16H/b14-8+. The maximum Gasteiger partial charge on any atom is 0.151 e. The second-order valence-corrected chi connectivity index (χ2v) is 3.19. The molecule has 4 nitrogen and oxygen atoms in total. The fourth-order valence-electron chi connectivity index (χ4n) is 1.21. The quantitative estimate of drug-likeness (QED) is 0.753. The van der Waals surface area contributed by atoms with Gasteiger partial charge in [0.05, 0.1) is 0 Å². The van der Waals surface area contributed by atoms with Gasteiger partial charge in [-0.2, -0.15) is 0 Å². The molecule has 2 N–H and O–H groups in total. The van der Waals surface area contributed by atoms with Gasteiger partial charge in [-0.3, -0.25) is 0 Å². The largest absolute Gasteiger partial charge is 0.508 e. The van der Waals surface area contributed by atoms with Crippen LogP contribution in [0.1, 0.15) is 5.56 Å². The molecule has 0 fully saturated rings. The molecule has 4 heteroatoms. The molecule has 1 aromatic carbocycles. The van der Waals surface area contributed by atoms with Gasteiger partial charge in [-0.25, -0.2) is 9.98 Å². The Balaban J connectivity index is 2.24. The van der Waals surface area contributed by atoms with Crippen LogP contribution in [0.25, 0.3) is 0 Å². The zero-order valence-corrected chi connectivity index (χ0v) is 8.41. The average molecular weight is 214 g/mol. The molecular formula is C12H10N2O2. The molecule has 0 spiro atoms. The van der Waals surface area contributed by atoms with Crippen molar-refractivity contribution in [3.05, 3.63) is 48.2 Å². The predicted molar refractivity (Wildman–Crippen MR) is 61.3 cm³/mol. The van der Waals surface area contributed by atoms with Gasteiger partial charge in [-0.05, 0) is 24.3 Å². The van der Waals surface area contributed by atoms with E-state index in [1.807, 2.05) is 6.07 Å². The number of pyridine rings is 1. The Bertz CT molecular complexity index is 510. The molecule has 2 rings (SSSR count). The lowest BCUT2D eigenvalue weighted by atomic mass is 10.2. The topological polar surface area (TPSA) is 65.7 Å². The van der Waals surface area contributed by atoms with Gasteiger partial charge < -0.3 is 10.2 Å². The van der Waals surface area contributed by atoms with E-state index in [9.17, 15) is 5.11 Å². The summed E-state index contributed by atoms with van der Waals surface area (Å²) in [5, 5.41) is 18.6. The maximum atomic E-state index is 9.50. The van der Waals surface area contributed by atoms with Gasteiger partial charge in [0.1, 0.15) is 11.5 Å². The number of phenols is 2. The smallest absolute Gasteiger partial charge is 0.151 e. The van der Waals surface area contributed by atoms with Gasteiger partial charge in [-0.15, -0.1) is 0 Å². The molecule has 0 aliphatic carbocycles. The van der Waals surface area contributed by atoms with E-state index in [1.165, 1.54) is 18.3 Å². The third-order valence-electron chi connectivity index (χ3n) is 2.00. The molecule has 1 aromatic heterocycles. The molecule has 0 atom stereocenters. The monoisotopic (exact) mass is 214 g/mol. The van der Waals surface area contributed by atoms with Crippen molar-refractivity contribution in [2.24, 2.45) is 4.99 Å². The summed E-state index contributed by atoms with van der Waals surface area (Å²) < 4.78 is 0. The molecule has 0 radical (unpaired) electrons. The molecule has 0 saturated carbocycles. The average Bonchev–Trinajstić information content (AvgIpc) is 2.29. The van der Waals surface area contributed by atoms with E-state index in [0.29, 0.717) is 11.4 Å². The van der Waals surface area contributed by atoms with Crippen molar-refractivity contribution in [1.82, 2.24) is 4.98 Å². The summed E-state index contributed by atoms with van der Waals surface area (Å²) in [6, 6.07) is 9.72. The second-order valence-electron chi connectivity index (χ2n) is 3.19. The lowest BCUT2D eigenvalue weighted by molar-refractivity contribution is 0.450. The van der Waals surface area contributed by atoms with E-state index < -0.39 is 0 Å². The predicted octanol–water partition coefficient (Wildman–Crippen LogP) is 2.24. The first-order valence-electron chi connectivity index (χ1n) is 4.73. The molecule has 0 aliphatic heterocycles. The van der Waals surface area contributed by atoms with Crippen LogP contribution in [0.4, 0.5) is 5.82 Å². The van der Waals surface area contributed by atoms with Gasteiger partial charge in [0.15, 0.2) is 5.82 Å². The van der Waals surface area contributed by atoms with E-state index in [1.54, 1.807) is 24.4 Å². The third-order valence-corrected chi connectivity index (χ3v) is 2.00. The normalized spacial score (nSPS) is 10.8. The number of hydrogen-bond acceptors (Lipinski definition) is 4.